The van der Waals surface area contributed by atoms with E-state index >= 15 is 0 Å². The van der Waals surface area contributed by atoms with Gasteiger partial charge in [0.1, 0.15) is 5.75 Å². The molecule has 1 aromatic heterocycles. The number of aryl methyl sites for hydroxylation is 1. The van der Waals surface area contributed by atoms with Gasteiger partial charge >= 0.3 is 5.76 Å². The molecule has 3 rings (SSSR count). The van der Waals surface area contributed by atoms with Crippen LogP contribution >= 0.6 is 0 Å². The van der Waals surface area contributed by atoms with Gasteiger partial charge < -0.3 is 14.5 Å². The van der Waals surface area contributed by atoms with Gasteiger partial charge in [0.05, 0.1) is 12.6 Å². The van der Waals surface area contributed by atoms with E-state index in [1.807, 2.05) is 0 Å². The number of carbonyl (C=O) groups is 1. The van der Waals surface area contributed by atoms with Crippen LogP contribution in [0.15, 0.2) is 51.7 Å². The highest BCUT2D eigenvalue weighted by atomic mass is 16.5. The van der Waals surface area contributed by atoms with Crippen molar-refractivity contribution >= 4 is 22.7 Å². The normalized spacial score (nSPS) is 10.6. The van der Waals surface area contributed by atoms with Crippen molar-refractivity contribution in [3.8, 4) is 5.75 Å². The van der Waals surface area contributed by atoms with E-state index in [4.69, 9.17) is 9.15 Å². The molecule has 0 saturated carbocycles. The smallest absolute Gasteiger partial charge is 0.419 e. The molecule has 0 atom stereocenters. The van der Waals surface area contributed by atoms with Gasteiger partial charge in [-0.3, -0.25) is 9.36 Å². The van der Waals surface area contributed by atoms with Crippen LogP contribution < -0.4 is 15.8 Å². The fourth-order valence-corrected chi connectivity index (χ4v) is 2.17. The van der Waals surface area contributed by atoms with E-state index in [1.165, 1.54) is 4.57 Å². The van der Waals surface area contributed by atoms with Crippen LogP contribution in [0.3, 0.4) is 0 Å². The highest BCUT2D eigenvalue weighted by Crippen LogP contribution is 2.19. The maximum absolute atomic E-state index is 12.3. The van der Waals surface area contributed by atoms with Gasteiger partial charge in [-0.15, -0.1) is 0 Å². The van der Waals surface area contributed by atoms with Gasteiger partial charge in [-0.2, -0.15) is 0 Å². The molecule has 112 valence electrons. The van der Waals surface area contributed by atoms with Crippen LogP contribution in [0.4, 0.5) is 5.69 Å². The number of nitrogens with one attached hydrogen (secondary N) is 1. The topological polar surface area (TPSA) is 73.5 Å². The van der Waals surface area contributed by atoms with Crippen molar-refractivity contribution in [1.29, 1.82) is 0 Å². The Morgan fingerprint density at radius 3 is 2.82 bits per heavy atom. The molecule has 1 N–H and O–H groups in total. The fraction of sp³-hybridized carbons (Fsp3) is 0.125. The number of hydrogen-bond acceptors (Lipinski definition) is 4. The van der Waals surface area contributed by atoms with Crippen molar-refractivity contribution in [3.63, 3.8) is 0 Å². The van der Waals surface area contributed by atoms with Crippen LogP contribution in [0, 0.1) is 0 Å². The Hall–Kier alpha value is -3.02. The zero-order valence-electron chi connectivity index (χ0n) is 12.1. The average molecular weight is 298 g/mol. The number of oxazole rings is 1. The highest BCUT2D eigenvalue weighted by Gasteiger charge is 2.11. The van der Waals surface area contributed by atoms with Crippen molar-refractivity contribution in [2.75, 3.05) is 12.4 Å². The minimum Gasteiger partial charge on any atom is -0.497 e. The number of anilines is 1. The van der Waals surface area contributed by atoms with Crippen LogP contribution in [0.5, 0.6) is 5.75 Å². The number of benzene rings is 2. The second-order valence-electron chi connectivity index (χ2n) is 4.80. The molecule has 0 aliphatic carbocycles. The standard InChI is InChI=1S/C16H14N2O4/c1-18-13-8-10(6-7-14(13)22-16(18)20)15(19)17-11-4-3-5-12(9-11)21-2/h3-9H,1-2H3,(H,17,19). The number of fused-ring (bicyclic) bond motifs is 1. The summed E-state index contributed by atoms with van der Waals surface area (Å²) in [5.41, 5.74) is 2.09. The number of rotatable bonds is 3. The maximum Gasteiger partial charge on any atom is 0.419 e. The molecule has 0 aliphatic rings. The third-order valence-electron chi connectivity index (χ3n) is 3.38. The van der Waals surface area contributed by atoms with Gasteiger partial charge in [0.25, 0.3) is 5.91 Å². The molecule has 1 amide bonds. The first kappa shape index (κ1) is 13.9. The molecule has 0 fully saturated rings. The number of ether oxygens (including phenoxy) is 1. The lowest BCUT2D eigenvalue weighted by atomic mass is 10.2. The van der Waals surface area contributed by atoms with E-state index in [0.717, 1.165) is 0 Å². The lowest BCUT2D eigenvalue weighted by Crippen LogP contribution is -2.12. The quantitative estimate of drug-likeness (QED) is 0.805. The largest absolute Gasteiger partial charge is 0.497 e. The van der Waals surface area contributed by atoms with Crippen LogP contribution in [0.1, 0.15) is 10.4 Å². The molecule has 0 spiro atoms. The molecule has 2 aromatic carbocycles. The molecule has 0 radical (unpaired) electrons. The second kappa shape index (κ2) is 5.40. The van der Waals surface area contributed by atoms with Crippen molar-refractivity contribution in [1.82, 2.24) is 4.57 Å². The Kier molecular flexibility index (Phi) is 3.42. The second-order valence-corrected chi connectivity index (χ2v) is 4.80. The summed E-state index contributed by atoms with van der Waals surface area (Å²) in [6, 6.07) is 11.9. The van der Waals surface area contributed by atoms with E-state index in [2.05, 4.69) is 5.32 Å². The number of aromatic nitrogens is 1. The monoisotopic (exact) mass is 298 g/mol. The average Bonchev–Trinajstić information content (AvgIpc) is 2.82. The fourth-order valence-electron chi connectivity index (χ4n) is 2.17. The van der Waals surface area contributed by atoms with Crippen molar-refractivity contribution < 1.29 is 13.9 Å². The SMILES string of the molecule is COc1cccc(NC(=O)c2ccc3oc(=O)n(C)c3c2)c1. The molecule has 6 nitrogen and oxygen atoms in total. The van der Waals surface area contributed by atoms with Crippen molar-refractivity contribution in [2.45, 2.75) is 0 Å². The third-order valence-corrected chi connectivity index (χ3v) is 3.38. The number of methoxy groups -OCH3 is 1. The summed E-state index contributed by atoms with van der Waals surface area (Å²) in [4.78, 5) is 23.8. The first-order valence-corrected chi connectivity index (χ1v) is 6.63. The Morgan fingerprint density at radius 1 is 1.23 bits per heavy atom. The highest BCUT2D eigenvalue weighted by molar-refractivity contribution is 6.05. The van der Waals surface area contributed by atoms with Crippen LogP contribution in [0.25, 0.3) is 11.1 Å². The summed E-state index contributed by atoms with van der Waals surface area (Å²) in [7, 11) is 3.16. The Labute approximate surface area is 125 Å². The Bertz CT molecular complexity index is 908. The van der Waals surface area contributed by atoms with Crippen molar-refractivity contribution in [2.24, 2.45) is 7.05 Å². The Balaban J connectivity index is 1.91. The number of hydrogen-bond donors (Lipinski definition) is 1. The van der Waals surface area contributed by atoms with E-state index in [-0.39, 0.29) is 5.91 Å². The third kappa shape index (κ3) is 2.46. The number of amides is 1. The van der Waals surface area contributed by atoms with E-state index in [1.54, 1.807) is 56.6 Å². The summed E-state index contributed by atoms with van der Waals surface area (Å²) in [6.07, 6.45) is 0. The summed E-state index contributed by atoms with van der Waals surface area (Å²) in [5, 5.41) is 2.79. The zero-order chi connectivity index (χ0) is 15.7. The molecule has 0 aliphatic heterocycles. The van der Waals surface area contributed by atoms with Crippen LogP contribution in [-0.2, 0) is 7.05 Å². The first-order chi connectivity index (χ1) is 10.6. The molecule has 1 heterocycles. The van der Waals surface area contributed by atoms with E-state index in [9.17, 15) is 9.59 Å². The molecule has 6 heteroatoms. The first-order valence-electron chi connectivity index (χ1n) is 6.63. The Morgan fingerprint density at radius 2 is 2.05 bits per heavy atom. The molecule has 0 saturated heterocycles. The number of nitrogens with zero attached hydrogens (tertiary/aromatic N) is 1. The van der Waals surface area contributed by atoms with Gasteiger partial charge in [-0.1, -0.05) is 6.07 Å². The summed E-state index contributed by atoms with van der Waals surface area (Å²) < 4.78 is 11.5. The van der Waals surface area contributed by atoms with Crippen LogP contribution in [0.2, 0.25) is 0 Å². The summed E-state index contributed by atoms with van der Waals surface area (Å²) >= 11 is 0. The van der Waals surface area contributed by atoms with Gasteiger partial charge in [0, 0.05) is 24.4 Å². The number of carbonyl (C=O) groups excluding carboxylic acids is 1. The van der Waals surface area contributed by atoms with Crippen LogP contribution in [-0.4, -0.2) is 17.6 Å². The van der Waals surface area contributed by atoms with Gasteiger partial charge in [0.15, 0.2) is 5.58 Å². The lowest BCUT2D eigenvalue weighted by Gasteiger charge is -2.07. The molecular weight excluding hydrogens is 284 g/mol. The molecule has 22 heavy (non-hydrogen) atoms. The van der Waals surface area contributed by atoms with Gasteiger partial charge in [-0.05, 0) is 30.3 Å². The lowest BCUT2D eigenvalue weighted by molar-refractivity contribution is 0.102. The van der Waals surface area contributed by atoms with Gasteiger partial charge in [-0.25, -0.2) is 4.79 Å². The summed E-state index contributed by atoms with van der Waals surface area (Å²) in [6.45, 7) is 0. The minimum atomic E-state index is -0.458. The summed E-state index contributed by atoms with van der Waals surface area (Å²) in [5.74, 6) is -0.0744. The molecular formula is C16H14N2O4. The van der Waals surface area contributed by atoms with Crippen molar-refractivity contribution in [3.05, 3.63) is 58.6 Å². The van der Waals surface area contributed by atoms with E-state index < -0.39 is 5.76 Å². The predicted molar refractivity (Wildman–Crippen MR) is 82.4 cm³/mol. The predicted octanol–water partition coefficient (Wildman–Crippen LogP) is 2.39. The molecule has 3 aromatic rings. The molecule has 0 bridgehead atoms. The minimum absolute atomic E-state index is 0.274. The van der Waals surface area contributed by atoms with Gasteiger partial charge in [0.2, 0.25) is 0 Å². The zero-order valence-corrected chi connectivity index (χ0v) is 12.1. The maximum atomic E-state index is 12.3. The molecule has 0 unspecified atom stereocenters. The van der Waals surface area contributed by atoms with E-state index in [0.29, 0.717) is 28.1 Å².